The monoisotopic (exact) mass is 230 g/mol. The first kappa shape index (κ1) is 12.6. The molecule has 0 atom stereocenters. The zero-order valence-electron chi connectivity index (χ0n) is 8.82. The van der Waals surface area contributed by atoms with Crippen LogP contribution in [0.5, 0.6) is 0 Å². The van der Waals surface area contributed by atoms with Crippen LogP contribution in [-0.4, -0.2) is 0 Å². The number of halogens is 4. The molecule has 0 fully saturated rings. The maximum atomic E-state index is 13.0. The van der Waals surface area contributed by atoms with E-state index in [2.05, 4.69) is 5.92 Å². The van der Waals surface area contributed by atoms with Gasteiger partial charge in [-0.1, -0.05) is 5.92 Å². The maximum absolute atomic E-state index is 13.0. The van der Waals surface area contributed by atoms with Gasteiger partial charge in [-0.3, -0.25) is 0 Å². The molecule has 4 heteroatoms. The van der Waals surface area contributed by atoms with Crippen LogP contribution in [0.1, 0.15) is 25.0 Å². The lowest BCUT2D eigenvalue weighted by atomic mass is 9.82. The molecule has 0 unspecified atom stereocenters. The van der Waals surface area contributed by atoms with Crippen molar-refractivity contribution in [3.8, 4) is 12.3 Å². The molecule has 0 N–H and O–H groups in total. The molecule has 0 aliphatic rings. The van der Waals surface area contributed by atoms with Gasteiger partial charge in [0.1, 0.15) is 5.82 Å². The average molecular weight is 230 g/mol. The topological polar surface area (TPSA) is 0 Å². The lowest BCUT2D eigenvalue weighted by Crippen LogP contribution is -2.21. The van der Waals surface area contributed by atoms with Gasteiger partial charge in [-0.15, -0.1) is 6.42 Å². The summed E-state index contributed by atoms with van der Waals surface area (Å²) in [4.78, 5) is 0. The van der Waals surface area contributed by atoms with Crippen LogP contribution in [0, 0.1) is 18.2 Å². The summed E-state index contributed by atoms with van der Waals surface area (Å²) in [7, 11) is 0. The van der Waals surface area contributed by atoms with Crippen molar-refractivity contribution in [3.63, 3.8) is 0 Å². The Morgan fingerprint density at radius 1 is 1.12 bits per heavy atom. The summed E-state index contributed by atoms with van der Waals surface area (Å²) in [5, 5.41) is 0. The molecule has 0 bridgehead atoms. The predicted octanol–water partition coefficient (Wildman–Crippen LogP) is 3.76. The highest BCUT2D eigenvalue weighted by molar-refractivity contribution is 5.40. The molecule has 0 aliphatic heterocycles. The normalized spacial score (nSPS) is 12.3. The molecule has 0 aromatic heterocycles. The van der Waals surface area contributed by atoms with Crippen LogP contribution >= 0.6 is 0 Å². The highest BCUT2D eigenvalue weighted by atomic mass is 19.4. The molecule has 0 amide bonds. The largest absolute Gasteiger partial charge is 0.416 e. The van der Waals surface area contributed by atoms with Crippen LogP contribution in [0.25, 0.3) is 0 Å². The Morgan fingerprint density at radius 3 is 2.12 bits per heavy atom. The third-order valence-electron chi connectivity index (χ3n) is 2.32. The van der Waals surface area contributed by atoms with Crippen molar-refractivity contribution >= 4 is 0 Å². The molecule has 16 heavy (non-hydrogen) atoms. The molecule has 0 saturated heterocycles. The van der Waals surface area contributed by atoms with E-state index in [0.717, 1.165) is 12.1 Å². The van der Waals surface area contributed by atoms with Crippen molar-refractivity contribution < 1.29 is 17.6 Å². The van der Waals surface area contributed by atoms with Crippen LogP contribution in [0.4, 0.5) is 17.6 Å². The fourth-order valence-electron chi connectivity index (χ4n) is 1.36. The third kappa shape index (κ3) is 2.35. The van der Waals surface area contributed by atoms with E-state index in [4.69, 9.17) is 6.42 Å². The molecule has 0 saturated carbocycles. The highest BCUT2D eigenvalue weighted by Crippen LogP contribution is 2.37. The number of hydrogen-bond acceptors (Lipinski definition) is 0. The Morgan fingerprint density at radius 2 is 1.69 bits per heavy atom. The van der Waals surface area contributed by atoms with Crippen molar-refractivity contribution in [1.29, 1.82) is 0 Å². The van der Waals surface area contributed by atoms with E-state index < -0.39 is 23.0 Å². The van der Waals surface area contributed by atoms with Gasteiger partial charge >= 0.3 is 6.18 Å². The van der Waals surface area contributed by atoms with Gasteiger partial charge in [0.25, 0.3) is 0 Å². The minimum absolute atomic E-state index is 0.220. The summed E-state index contributed by atoms with van der Waals surface area (Å²) in [6.07, 6.45) is 0.630. The Balaban J connectivity index is 3.49. The van der Waals surface area contributed by atoms with Crippen LogP contribution < -0.4 is 0 Å². The van der Waals surface area contributed by atoms with E-state index in [1.54, 1.807) is 0 Å². The Labute approximate surface area is 91.3 Å². The van der Waals surface area contributed by atoms with Crippen molar-refractivity contribution in [2.24, 2.45) is 0 Å². The summed E-state index contributed by atoms with van der Waals surface area (Å²) in [6.45, 7) is 2.88. The van der Waals surface area contributed by atoms with E-state index in [-0.39, 0.29) is 5.56 Å². The van der Waals surface area contributed by atoms with Gasteiger partial charge in [-0.25, -0.2) is 4.39 Å². The van der Waals surface area contributed by atoms with Gasteiger partial charge in [0.05, 0.1) is 11.0 Å². The molecule has 1 aromatic carbocycles. The lowest BCUT2D eigenvalue weighted by Gasteiger charge is -2.23. The van der Waals surface area contributed by atoms with Gasteiger partial charge in [-0.2, -0.15) is 13.2 Å². The molecular weight excluding hydrogens is 220 g/mol. The van der Waals surface area contributed by atoms with Crippen LogP contribution in [0.15, 0.2) is 18.2 Å². The van der Waals surface area contributed by atoms with E-state index in [9.17, 15) is 17.6 Å². The molecule has 0 aliphatic carbocycles. The van der Waals surface area contributed by atoms with E-state index in [1.165, 1.54) is 13.8 Å². The van der Waals surface area contributed by atoms with Crippen LogP contribution in [0.2, 0.25) is 0 Å². The number of rotatable bonds is 1. The van der Waals surface area contributed by atoms with Gasteiger partial charge in [0.2, 0.25) is 0 Å². The molecule has 0 heterocycles. The molecule has 1 rings (SSSR count). The minimum atomic E-state index is -4.53. The summed E-state index contributed by atoms with van der Waals surface area (Å²) in [5.41, 5.74) is -2.27. The number of benzene rings is 1. The number of hydrogen-bond donors (Lipinski definition) is 0. The number of terminal acetylenes is 1. The zero-order valence-corrected chi connectivity index (χ0v) is 8.82. The standard InChI is InChI=1S/C12H10F4/c1-4-11(2,3)10-7-8(13)5-6-9(10)12(14,15)16/h1,5-7H,2-3H3. The quantitative estimate of drug-likeness (QED) is 0.509. The molecular formula is C12H10F4. The summed E-state index contributed by atoms with van der Waals surface area (Å²) >= 11 is 0. The summed E-state index contributed by atoms with van der Waals surface area (Å²) in [6, 6.07) is 2.32. The zero-order chi connectivity index (χ0) is 12.6. The maximum Gasteiger partial charge on any atom is 0.416 e. The van der Waals surface area contributed by atoms with Gasteiger partial charge < -0.3 is 0 Å². The van der Waals surface area contributed by atoms with Crippen molar-refractivity contribution in [2.45, 2.75) is 25.4 Å². The van der Waals surface area contributed by atoms with Gasteiger partial charge in [-0.05, 0) is 37.6 Å². The molecule has 0 radical (unpaired) electrons. The van der Waals surface area contributed by atoms with Crippen molar-refractivity contribution in [3.05, 3.63) is 35.1 Å². The SMILES string of the molecule is C#CC(C)(C)c1cc(F)ccc1C(F)(F)F. The van der Waals surface area contributed by atoms with Gasteiger partial charge in [0, 0.05) is 0 Å². The third-order valence-corrected chi connectivity index (χ3v) is 2.32. The summed E-state index contributed by atoms with van der Waals surface area (Å²) < 4.78 is 50.9. The fourth-order valence-corrected chi connectivity index (χ4v) is 1.36. The number of alkyl halides is 3. The second kappa shape index (κ2) is 3.82. The highest BCUT2D eigenvalue weighted by Gasteiger charge is 2.37. The Hall–Kier alpha value is -1.50. The molecule has 86 valence electrons. The molecule has 0 spiro atoms. The van der Waals surface area contributed by atoms with E-state index in [0.29, 0.717) is 6.07 Å². The minimum Gasteiger partial charge on any atom is -0.207 e. The van der Waals surface area contributed by atoms with Crippen molar-refractivity contribution in [2.75, 3.05) is 0 Å². The first-order valence-electron chi connectivity index (χ1n) is 4.53. The smallest absolute Gasteiger partial charge is 0.207 e. The predicted molar refractivity (Wildman–Crippen MR) is 53.3 cm³/mol. The first-order chi connectivity index (χ1) is 7.18. The summed E-state index contributed by atoms with van der Waals surface area (Å²) in [5.74, 6) is 1.50. The van der Waals surface area contributed by atoms with Crippen molar-refractivity contribution in [1.82, 2.24) is 0 Å². The second-order valence-electron chi connectivity index (χ2n) is 3.96. The molecule has 1 aromatic rings. The Kier molecular flexibility index (Phi) is 3.00. The van der Waals surface area contributed by atoms with Gasteiger partial charge in [0.15, 0.2) is 0 Å². The second-order valence-corrected chi connectivity index (χ2v) is 3.96. The fraction of sp³-hybridized carbons (Fsp3) is 0.333. The van der Waals surface area contributed by atoms with E-state index in [1.807, 2.05) is 0 Å². The first-order valence-corrected chi connectivity index (χ1v) is 4.53. The molecule has 0 nitrogen and oxygen atoms in total. The Bertz CT molecular complexity index is 435. The average Bonchev–Trinajstić information content (AvgIpc) is 2.15. The lowest BCUT2D eigenvalue weighted by molar-refractivity contribution is -0.138. The van der Waals surface area contributed by atoms with Crippen LogP contribution in [-0.2, 0) is 11.6 Å². The van der Waals surface area contributed by atoms with E-state index >= 15 is 0 Å². The van der Waals surface area contributed by atoms with Crippen LogP contribution in [0.3, 0.4) is 0 Å².